The third kappa shape index (κ3) is 9.11. The third-order valence-electron chi connectivity index (χ3n) is 2.80. The van der Waals surface area contributed by atoms with Crippen molar-refractivity contribution in [3.05, 3.63) is 22.6 Å². The van der Waals surface area contributed by atoms with Crippen molar-refractivity contribution in [3.8, 4) is 0 Å². The Morgan fingerprint density at radius 1 is 1.47 bits per heavy atom. The van der Waals surface area contributed by atoms with Crippen LogP contribution in [-0.2, 0) is 9.53 Å². The second-order valence-electron chi connectivity index (χ2n) is 4.32. The van der Waals surface area contributed by atoms with Crippen molar-refractivity contribution in [2.45, 2.75) is 57.6 Å². The first-order valence-electron chi connectivity index (χ1n) is 6.59. The molecule has 0 aliphatic carbocycles. The number of ether oxygens (including phenoxy) is 1. The summed E-state index contributed by atoms with van der Waals surface area (Å²) in [5.41, 5.74) is 8.49. The zero-order valence-corrected chi connectivity index (χ0v) is 11.7. The predicted molar refractivity (Wildman–Crippen MR) is 73.5 cm³/mol. The van der Waals surface area contributed by atoms with Crippen LogP contribution in [0.5, 0.6) is 0 Å². The second-order valence-corrected chi connectivity index (χ2v) is 4.32. The molecular formula is C13H23N3O3. The van der Waals surface area contributed by atoms with E-state index in [1.807, 2.05) is 0 Å². The van der Waals surface area contributed by atoms with Gasteiger partial charge in [-0.1, -0.05) is 43.5 Å². The van der Waals surface area contributed by atoms with E-state index in [-0.39, 0.29) is 12.4 Å². The zero-order chi connectivity index (χ0) is 14.5. The summed E-state index contributed by atoms with van der Waals surface area (Å²) in [6.45, 7) is 2.09. The lowest BCUT2D eigenvalue weighted by molar-refractivity contribution is -0.139. The molecule has 0 radical (unpaired) electrons. The first-order valence-corrected chi connectivity index (χ1v) is 6.59. The van der Waals surface area contributed by atoms with Crippen LogP contribution in [0.15, 0.2) is 17.3 Å². The van der Waals surface area contributed by atoms with E-state index < -0.39 is 12.1 Å². The highest BCUT2D eigenvalue weighted by Gasteiger charge is 2.15. The normalized spacial score (nSPS) is 13.8. The highest BCUT2D eigenvalue weighted by molar-refractivity contribution is 5.70. The Morgan fingerprint density at radius 2 is 2.21 bits per heavy atom. The van der Waals surface area contributed by atoms with Gasteiger partial charge >= 0.3 is 5.97 Å². The van der Waals surface area contributed by atoms with Gasteiger partial charge in [0.25, 0.3) is 0 Å². The lowest BCUT2D eigenvalue weighted by Crippen LogP contribution is -2.23. The van der Waals surface area contributed by atoms with Gasteiger partial charge < -0.3 is 9.84 Å². The highest BCUT2D eigenvalue weighted by Crippen LogP contribution is 2.14. The van der Waals surface area contributed by atoms with Gasteiger partial charge in [-0.05, 0) is 18.4 Å². The molecule has 0 saturated carbocycles. The Labute approximate surface area is 114 Å². The Balaban J connectivity index is 4.12. The number of nitrogens with zero attached hydrogens (tertiary/aromatic N) is 3. The van der Waals surface area contributed by atoms with Crippen LogP contribution >= 0.6 is 0 Å². The number of methoxy groups -OCH3 is 1. The van der Waals surface area contributed by atoms with Gasteiger partial charge in [0.1, 0.15) is 0 Å². The zero-order valence-electron chi connectivity index (χ0n) is 11.7. The molecule has 6 nitrogen and oxygen atoms in total. The summed E-state index contributed by atoms with van der Waals surface area (Å²) in [4.78, 5) is 13.6. The highest BCUT2D eigenvalue weighted by atomic mass is 16.5. The number of azide groups is 1. The minimum atomic E-state index is -0.707. The SMILES string of the molecule is CCCCCC(N=[N+]=[N-])C(O)C/C=C/CC(=O)OC. The molecule has 108 valence electrons. The largest absolute Gasteiger partial charge is 0.469 e. The van der Waals surface area contributed by atoms with E-state index in [4.69, 9.17) is 5.53 Å². The molecule has 0 aromatic rings. The van der Waals surface area contributed by atoms with Gasteiger partial charge in [-0.15, -0.1) is 0 Å². The summed E-state index contributed by atoms with van der Waals surface area (Å²) in [6, 6.07) is -0.403. The number of aliphatic hydroxyl groups excluding tert-OH is 1. The number of hydrogen-bond acceptors (Lipinski definition) is 4. The van der Waals surface area contributed by atoms with Crippen molar-refractivity contribution in [1.29, 1.82) is 0 Å². The van der Waals surface area contributed by atoms with E-state index in [1.165, 1.54) is 7.11 Å². The minimum absolute atomic E-state index is 0.186. The van der Waals surface area contributed by atoms with Gasteiger partial charge in [0.15, 0.2) is 0 Å². The van der Waals surface area contributed by atoms with Crippen molar-refractivity contribution in [3.63, 3.8) is 0 Å². The molecular weight excluding hydrogens is 246 g/mol. The average molecular weight is 269 g/mol. The molecule has 0 aromatic carbocycles. The first kappa shape index (κ1) is 17.5. The molecule has 0 amide bonds. The second kappa shape index (κ2) is 11.6. The maximum absolute atomic E-state index is 10.9. The third-order valence-corrected chi connectivity index (χ3v) is 2.80. The topological polar surface area (TPSA) is 95.3 Å². The van der Waals surface area contributed by atoms with Crippen molar-refractivity contribution < 1.29 is 14.6 Å². The first-order chi connectivity index (χ1) is 9.15. The van der Waals surface area contributed by atoms with E-state index >= 15 is 0 Å². The quantitative estimate of drug-likeness (QED) is 0.165. The summed E-state index contributed by atoms with van der Waals surface area (Å²) in [5, 5.41) is 13.6. The maximum Gasteiger partial charge on any atom is 0.309 e. The Kier molecular flexibility index (Phi) is 10.6. The average Bonchev–Trinajstić information content (AvgIpc) is 2.42. The van der Waals surface area contributed by atoms with E-state index in [0.717, 1.165) is 19.3 Å². The standard InChI is InChI=1S/C13H23N3O3/c1-3-4-5-8-11(15-16-14)12(17)9-6-7-10-13(18)19-2/h6-7,11-12,17H,3-5,8-10H2,1-2H3/b7-6+. The monoisotopic (exact) mass is 269 g/mol. The molecule has 0 spiro atoms. The van der Waals surface area contributed by atoms with Crippen LogP contribution in [0.2, 0.25) is 0 Å². The van der Waals surface area contributed by atoms with Gasteiger partial charge in [-0.2, -0.15) is 0 Å². The van der Waals surface area contributed by atoms with Crippen molar-refractivity contribution in [2.24, 2.45) is 5.11 Å². The minimum Gasteiger partial charge on any atom is -0.469 e. The lowest BCUT2D eigenvalue weighted by atomic mass is 10.0. The van der Waals surface area contributed by atoms with Crippen molar-refractivity contribution in [2.75, 3.05) is 7.11 Å². The van der Waals surface area contributed by atoms with Crippen LogP contribution < -0.4 is 0 Å². The van der Waals surface area contributed by atoms with Crippen molar-refractivity contribution >= 4 is 5.97 Å². The molecule has 2 unspecified atom stereocenters. The maximum atomic E-state index is 10.9. The van der Waals surface area contributed by atoms with Gasteiger partial charge in [0.2, 0.25) is 0 Å². The molecule has 0 rings (SSSR count). The van der Waals surface area contributed by atoms with Crippen LogP contribution in [0.25, 0.3) is 10.4 Å². The number of rotatable bonds is 10. The van der Waals surface area contributed by atoms with Crippen LogP contribution in [0, 0.1) is 0 Å². The molecule has 0 bridgehead atoms. The summed E-state index contributed by atoms with van der Waals surface area (Å²) in [6.07, 6.45) is 6.96. The number of hydrogen-bond donors (Lipinski definition) is 1. The van der Waals surface area contributed by atoms with Crippen LogP contribution in [-0.4, -0.2) is 30.3 Å². The summed E-state index contributed by atoms with van der Waals surface area (Å²) >= 11 is 0. The fourth-order valence-electron chi connectivity index (χ4n) is 1.65. The predicted octanol–water partition coefficient (Wildman–Crippen LogP) is 3.12. The number of unbranched alkanes of at least 4 members (excludes halogenated alkanes) is 2. The van der Waals surface area contributed by atoms with Gasteiger partial charge in [0, 0.05) is 4.91 Å². The van der Waals surface area contributed by atoms with E-state index in [1.54, 1.807) is 12.2 Å². The molecule has 0 saturated heterocycles. The Morgan fingerprint density at radius 3 is 2.79 bits per heavy atom. The van der Waals surface area contributed by atoms with E-state index in [9.17, 15) is 9.90 Å². The molecule has 19 heavy (non-hydrogen) atoms. The lowest BCUT2D eigenvalue weighted by Gasteiger charge is -2.16. The van der Waals surface area contributed by atoms with Gasteiger partial charge in [-0.25, -0.2) is 0 Å². The Hall–Kier alpha value is -1.52. The van der Waals surface area contributed by atoms with Gasteiger partial charge in [0.05, 0.1) is 25.7 Å². The Bertz CT molecular complexity index is 325. The number of aliphatic hydroxyl groups is 1. The summed E-state index contributed by atoms with van der Waals surface area (Å²) < 4.78 is 4.49. The smallest absolute Gasteiger partial charge is 0.309 e. The molecule has 0 aliphatic rings. The van der Waals surface area contributed by atoms with E-state index in [0.29, 0.717) is 12.8 Å². The molecule has 0 aromatic heterocycles. The molecule has 0 heterocycles. The van der Waals surface area contributed by atoms with Gasteiger partial charge in [-0.3, -0.25) is 4.79 Å². The number of carbonyl (C=O) groups is 1. The van der Waals surface area contributed by atoms with E-state index in [2.05, 4.69) is 21.7 Å². The van der Waals surface area contributed by atoms with Crippen LogP contribution in [0.4, 0.5) is 0 Å². The molecule has 1 N–H and O–H groups in total. The molecule has 6 heteroatoms. The van der Waals surface area contributed by atoms with Crippen LogP contribution in [0.1, 0.15) is 45.4 Å². The van der Waals surface area contributed by atoms with Crippen LogP contribution in [0.3, 0.4) is 0 Å². The molecule has 0 fully saturated rings. The summed E-state index contributed by atoms with van der Waals surface area (Å²) in [7, 11) is 1.33. The van der Waals surface area contributed by atoms with Crippen molar-refractivity contribution in [1.82, 2.24) is 0 Å². The number of carbonyl (C=O) groups excluding carboxylic acids is 1. The number of esters is 1. The fraction of sp³-hybridized carbons (Fsp3) is 0.769. The molecule has 0 aliphatic heterocycles. The fourth-order valence-corrected chi connectivity index (χ4v) is 1.65. The molecule has 2 atom stereocenters. The summed E-state index contributed by atoms with van der Waals surface area (Å²) in [5.74, 6) is -0.319.